The quantitative estimate of drug-likeness (QED) is 0.686. The van der Waals surface area contributed by atoms with Gasteiger partial charge in [-0.2, -0.15) is 0 Å². The Morgan fingerprint density at radius 2 is 1.94 bits per heavy atom. The molecule has 0 aromatic heterocycles. The van der Waals surface area contributed by atoms with E-state index in [9.17, 15) is 4.79 Å². The Kier molecular flexibility index (Phi) is 1.81. The van der Waals surface area contributed by atoms with Crippen LogP contribution < -0.4 is 0 Å². The molecule has 16 heavy (non-hydrogen) atoms. The third kappa shape index (κ3) is 1.12. The van der Waals surface area contributed by atoms with Gasteiger partial charge in [0.2, 0.25) is 0 Å². The minimum atomic E-state index is -0.156. The molecule has 1 saturated heterocycles. The van der Waals surface area contributed by atoms with Crippen molar-refractivity contribution in [2.75, 3.05) is 6.54 Å². The first-order valence-corrected chi connectivity index (χ1v) is 6.37. The maximum atomic E-state index is 12.3. The zero-order valence-electron chi connectivity index (χ0n) is 9.78. The molecule has 2 nitrogen and oxygen atoms in total. The minimum Gasteiger partial charge on any atom is -0.319 e. The molecule has 1 aromatic carbocycles. The number of carbonyl (C=O) groups is 1. The van der Waals surface area contributed by atoms with Crippen LogP contribution in [0.3, 0.4) is 0 Å². The number of carbonyl (C=O) groups excluding carboxylic acids is 1. The van der Waals surface area contributed by atoms with Gasteiger partial charge in [0.25, 0.3) is 5.91 Å². The summed E-state index contributed by atoms with van der Waals surface area (Å²) in [5.41, 5.74) is 2.06. The van der Waals surface area contributed by atoms with Gasteiger partial charge >= 0.3 is 0 Å². The minimum absolute atomic E-state index is 0.151. The third-order valence-electron chi connectivity index (χ3n) is 3.43. The fourth-order valence-corrected chi connectivity index (χ4v) is 4.66. The van der Waals surface area contributed by atoms with Gasteiger partial charge in [-0.1, -0.05) is 18.2 Å². The molecule has 0 aliphatic carbocycles. The average Bonchev–Trinajstić information content (AvgIpc) is 2.58. The Hall–Kier alpha value is -0.960. The highest BCUT2D eigenvalue weighted by Gasteiger charge is 2.55. The predicted octanol–water partition coefficient (Wildman–Crippen LogP) is 2.84. The maximum Gasteiger partial charge on any atom is 0.255 e. The lowest BCUT2D eigenvalue weighted by Gasteiger charge is -2.27. The van der Waals surface area contributed by atoms with Gasteiger partial charge in [-0.05, 0) is 26.8 Å². The summed E-state index contributed by atoms with van der Waals surface area (Å²) in [6.07, 6.45) is 0. The van der Waals surface area contributed by atoms with Crippen molar-refractivity contribution in [3.8, 4) is 0 Å². The van der Waals surface area contributed by atoms with Crippen LogP contribution in [0.25, 0.3) is 0 Å². The molecule has 0 spiro atoms. The molecule has 3 rings (SSSR count). The van der Waals surface area contributed by atoms with Crippen LogP contribution in [-0.4, -0.2) is 22.1 Å². The van der Waals surface area contributed by atoms with Gasteiger partial charge in [-0.25, -0.2) is 0 Å². The number of amides is 1. The van der Waals surface area contributed by atoms with Gasteiger partial charge in [0.15, 0.2) is 0 Å². The number of nitrogens with zero attached hydrogens (tertiary/aromatic N) is 1. The highest BCUT2D eigenvalue weighted by atomic mass is 32.2. The maximum absolute atomic E-state index is 12.3. The zero-order valence-corrected chi connectivity index (χ0v) is 10.6. The van der Waals surface area contributed by atoms with Gasteiger partial charge in [0.1, 0.15) is 4.87 Å². The second-order valence-electron chi connectivity index (χ2n) is 5.28. The summed E-state index contributed by atoms with van der Waals surface area (Å²) in [5, 5.41) is 0. The van der Waals surface area contributed by atoms with Crippen LogP contribution >= 0.6 is 11.8 Å². The number of hydrogen-bond donors (Lipinski definition) is 0. The van der Waals surface area contributed by atoms with Crippen molar-refractivity contribution in [3.63, 3.8) is 0 Å². The van der Waals surface area contributed by atoms with E-state index >= 15 is 0 Å². The smallest absolute Gasteiger partial charge is 0.255 e. The van der Waals surface area contributed by atoms with Gasteiger partial charge in [0, 0.05) is 22.4 Å². The van der Waals surface area contributed by atoms with E-state index in [0.717, 1.165) is 12.1 Å². The molecule has 3 heteroatoms. The van der Waals surface area contributed by atoms with Crippen molar-refractivity contribution in [2.24, 2.45) is 0 Å². The molecule has 0 radical (unpaired) electrons. The zero-order chi connectivity index (χ0) is 11.6. The molecule has 0 bridgehead atoms. The molecule has 2 heterocycles. The Labute approximate surface area is 100 Å². The fourth-order valence-electron chi connectivity index (χ4n) is 2.84. The second kappa shape index (κ2) is 2.83. The largest absolute Gasteiger partial charge is 0.319 e. The van der Waals surface area contributed by atoms with Crippen LogP contribution in [0, 0.1) is 0 Å². The number of fused-ring (bicyclic) bond motifs is 3. The molecule has 0 saturated carbocycles. The fraction of sp³-hybridized carbons (Fsp3) is 0.462. The van der Waals surface area contributed by atoms with E-state index in [2.05, 4.69) is 26.8 Å². The van der Waals surface area contributed by atoms with Crippen molar-refractivity contribution in [3.05, 3.63) is 35.4 Å². The van der Waals surface area contributed by atoms with Crippen LogP contribution in [0.15, 0.2) is 24.3 Å². The highest BCUT2D eigenvalue weighted by molar-refractivity contribution is 8.01. The Bertz CT molecular complexity index is 483. The van der Waals surface area contributed by atoms with Crippen molar-refractivity contribution in [2.45, 2.75) is 30.4 Å². The third-order valence-corrected chi connectivity index (χ3v) is 4.95. The predicted molar refractivity (Wildman–Crippen MR) is 66.5 cm³/mol. The van der Waals surface area contributed by atoms with Crippen molar-refractivity contribution < 1.29 is 4.79 Å². The molecule has 1 aromatic rings. The first-order valence-electron chi connectivity index (χ1n) is 5.56. The summed E-state index contributed by atoms with van der Waals surface area (Å²) >= 11 is 1.89. The molecule has 0 unspecified atom stereocenters. The number of thioether (sulfide) groups is 1. The standard InChI is InChI=1S/C13H15NOS/c1-12(2)8-14-11(15)9-6-4-5-7-10(9)13(14,3)16-12/h4-7H,8H2,1-3H3/t13-/m1/s1. The second-order valence-corrected chi connectivity index (χ2v) is 7.39. The lowest BCUT2D eigenvalue weighted by molar-refractivity contribution is 0.0722. The van der Waals surface area contributed by atoms with E-state index in [1.165, 1.54) is 5.56 Å². The normalized spacial score (nSPS) is 30.4. The summed E-state index contributed by atoms with van der Waals surface area (Å²) in [5.74, 6) is 0.191. The van der Waals surface area contributed by atoms with Crippen molar-refractivity contribution in [1.82, 2.24) is 4.90 Å². The van der Waals surface area contributed by atoms with Crippen LogP contribution in [0.5, 0.6) is 0 Å². The Balaban J connectivity index is 2.19. The van der Waals surface area contributed by atoms with Gasteiger partial charge < -0.3 is 4.90 Å². The molecule has 1 amide bonds. The monoisotopic (exact) mass is 233 g/mol. The molecule has 0 N–H and O–H groups in total. The summed E-state index contributed by atoms with van der Waals surface area (Å²) in [7, 11) is 0. The molecule has 1 fully saturated rings. The van der Waals surface area contributed by atoms with E-state index in [0.29, 0.717) is 0 Å². The van der Waals surface area contributed by atoms with Crippen molar-refractivity contribution in [1.29, 1.82) is 0 Å². The van der Waals surface area contributed by atoms with E-state index in [-0.39, 0.29) is 15.5 Å². The molecule has 2 aliphatic rings. The van der Waals surface area contributed by atoms with Gasteiger partial charge in [0.05, 0.1) is 0 Å². The van der Waals surface area contributed by atoms with Gasteiger partial charge in [-0.3, -0.25) is 4.79 Å². The van der Waals surface area contributed by atoms with Crippen LogP contribution in [0.4, 0.5) is 0 Å². The molecule has 84 valence electrons. The number of benzene rings is 1. The Morgan fingerprint density at radius 1 is 1.25 bits per heavy atom. The number of rotatable bonds is 0. The Morgan fingerprint density at radius 3 is 2.69 bits per heavy atom. The first-order chi connectivity index (χ1) is 7.44. The van der Waals surface area contributed by atoms with E-state index in [1.54, 1.807) is 0 Å². The summed E-state index contributed by atoms with van der Waals surface area (Å²) < 4.78 is 0.151. The SMILES string of the molecule is CC1(C)CN2C(=O)c3ccccc3[C@@]2(C)S1. The number of hydrogen-bond acceptors (Lipinski definition) is 2. The molecule has 2 aliphatic heterocycles. The van der Waals surface area contributed by atoms with Crippen LogP contribution in [0.1, 0.15) is 36.7 Å². The molecular weight excluding hydrogens is 218 g/mol. The van der Waals surface area contributed by atoms with E-state index in [4.69, 9.17) is 0 Å². The highest BCUT2D eigenvalue weighted by Crippen LogP contribution is 2.57. The molecule has 1 atom stereocenters. The van der Waals surface area contributed by atoms with Crippen LogP contribution in [0.2, 0.25) is 0 Å². The first kappa shape index (κ1) is 10.2. The topological polar surface area (TPSA) is 20.3 Å². The van der Waals surface area contributed by atoms with Gasteiger partial charge in [-0.15, -0.1) is 11.8 Å². The summed E-state index contributed by atoms with van der Waals surface area (Å²) in [4.78, 5) is 14.1. The summed E-state index contributed by atoms with van der Waals surface area (Å²) in [6.45, 7) is 7.41. The van der Waals surface area contributed by atoms with E-state index < -0.39 is 0 Å². The van der Waals surface area contributed by atoms with E-state index in [1.807, 2.05) is 34.9 Å². The summed E-state index contributed by atoms with van der Waals surface area (Å²) in [6, 6.07) is 7.99. The lowest BCUT2D eigenvalue weighted by Crippen LogP contribution is -2.35. The average molecular weight is 233 g/mol. The van der Waals surface area contributed by atoms with Crippen LogP contribution in [-0.2, 0) is 4.87 Å². The lowest BCUT2D eigenvalue weighted by atomic mass is 10.1. The molecular formula is C13H15NOS. The van der Waals surface area contributed by atoms with Crippen molar-refractivity contribution >= 4 is 17.7 Å².